The van der Waals surface area contributed by atoms with Gasteiger partial charge in [-0.1, -0.05) is 12.1 Å². The van der Waals surface area contributed by atoms with Crippen LogP contribution in [-0.2, 0) is 10.3 Å². The average molecular weight is 306 g/mol. The summed E-state index contributed by atoms with van der Waals surface area (Å²) in [5, 5.41) is 16.1. The van der Waals surface area contributed by atoms with Gasteiger partial charge < -0.3 is 20.5 Å². The van der Waals surface area contributed by atoms with E-state index in [1.807, 2.05) is 32.9 Å². The van der Waals surface area contributed by atoms with Gasteiger partial charge in [-0.2, -0.15) is 0 Å². The van der Waals surface area contributed by atoms with Crippen LogP contribution in [0, 0.1) is 0 Å². The van der Waals surface area contributed by atoms with E-state index in [1.54, 1.807) is 12.1 Å². The van der Waals surface area contributed by atoms with Crippen molar-refractivity contribution < 1.29 is 14.6 Å². The molecule has 1 aliphatic heterocycles. The Balaban J connectivity index is 1.97. The number of amides is 1. The third-order valence-electron chi connectivity index (χ3n) is 3.86. The lowest BCUT2D eigenvalue weighted by Crippen LogP contribution is -2.41. The average Bonchev–Trinajstić information content (AvgIpc) is 2.86. The van der Waals surface area contributed by atoms with E-state index in [2.05, 4.69) is 10.6 Å². The molecular formula is C17H26N2O3. The van der Waals surface area contributed by atoms with Gasteiger partial charge in [-0.25, -0.2) is 4.79 Å². The Bertz CT molecular complexity index is 517. The predicted octanol–water partition coefficient (Wildman–Crippen LogP) is 2.89. The Morgan fingerprint density at radius 1 is 1.45 bits per heavy atom. The van der Waals surface area contributed by atoms with Crippen LogP contribution in [0.1, 0.15) is 45.6 Å². The Kier molecular flexibility index (Phi) is 4.96. The third kappa shape index (κ3) is 4.37. The zero-order valence-corrected chi connectivity index (χ0v) is 13.6. The fraction of sp³-hybridized carbons (Fsp3) is 0.588. The molecule has 1 aromatic carbocycles. The quantitative estimate of drug-likeness (QED) is 0.800. The van der Waals surface area contributed by atoms with Crippen molar-refractivity contribution in [2.24, 2.45) is 0 Å². The molecule has 1 atom stereocenters. The molecule has 1 saturated heterocycles. The normalized spacial score (nSPS) is 21.6. The minimum Gasteiger partial charge on any atom is -0.508 e. The van der Waals surface area contributed by atoms with Gasteiger partial charge in [0, 0.05) is 12.1 Å². The van der Waals surface area contributed by atoms with E-state index in [9.17, 15) is 9.90 Å². The van der Waals surface area contributed by atoms with E-state index in [1.165, 1.54) is 0 Å². The number of ether oxygens (including phenoxy) is 1. The van der Waals surface area contributed by atoms with Gasteiger partial charge in [0.1, 0.15) is 11.4 Å². The Morgan fingerprint density at radius 3 is 2.82 bits per heavy atom. The van der Waals surface area contributed by atoms with Crippen LogP contribution >= 0.6 is 0 Å². The van der Waals surface area contributed by atoms with Crippen LogP contribution in [0.15, 0.2) is 24.3 Å². The maximum absolute atomic E-state index is 11.7. The summed E-state index contributed by atoms with van der Waals surface area (Å²) >= 11 is 0. The zero-order valence-electron chi connectivity index (χ0n) is 13.6. The first-order valence-electron chi connectivity index (χ1n) is 7.82. The second kappa shape index (κ2) is 6.57. The van der Waals surface area contributed by atoms with E-state index in [-0.39, 0.29) is 11.3 Å². The van der Waals surface area contributed by atoms with Crippen molar-refractivity contribution >= 4 is 6.09 Å². The zero-order chi connectivity index (χ0) is 16.2. The summed E-state index contributed by atoms with van der Waals surface area (Å²) in [5.74, 6) is 0.269. The topological polar surface area (TPSA) is 70.6 Å². The number of alkyl carbamates (subject to hydrolysis) is 1. The first kappa shape index (κ1) is 16.6. The number of phenolic OH excluding ortho intramolecular Hbond substituents is 1. The number of benzene rings is 1. The van der Waals surface area contributed by atoms with Crippen molar-refractivity contribution in [3.05, 3.63) is 29.8 Å². The summed E-state index contributed by atoms with van der Waals surface area (Å²) in [4.78, 5) is 11.7. The largest absolute Gasteiger partial charge is 0.508 e. The molecule has 1 fully saturated rings. The standard InChI is InChI=1S/C17H26N2O3/c1-16(2,3)22-15(21)18-11-9-17(8-5-10-19-17)13-6-4-7-14(20)12-13/h4,6-7,12,19-20H,5,8-11H2,1-3H3,(H,18,21). The minimum absolute atomic E-state index is 0.187. The lowest BCUT2D eigenvalue weighted by Gasteiger charge is -2.31. The van der Waals surface area contributed by atoms with Crippen molar-refractivity contribution in [3.63, 3.8) is 0 Å². The summed E-state index contributed by atoms with van der Waals surface area (Å²) < 4.78 is 5.25. The predicted molar refractivity (Wildman–Crippen MR) is 85.9 cm³/mol. The smallest absolute Gasteiger partial charge is 0.407 e. The van der Waals surface area contributed by atoms with Gasteiger partial charge in [-0.05, 0) is 64.3 Å². The van der Waals surface area contributed by atoms with Gasteiger partial charge in [0.05, 0.1) is 0 Å². The summed E-state index contributed by atoms with van der Waals surface area (Å²) in [5.41, 5.74) is 0.391. The Hall–Kier alpha value is -1.75. The van der Waals surface area contributed by atoms with Crippen molar-refractivity contribution in [2.75, 3.05) is 13.1 Å². The maximum atomic E-state index is 11.7. The lowest BCUT2D eigenvalue weighted by molar-refractivity contribution is 0.0523. The molecule has 0 saturated carbocycles. The summed E-state index contributed by atoms with van der Waals surface area (Å²) in [6.45, 7) is 7.01. The monoisotopic (exact) mass is 306 g/mol. The minimum atomic E-state index is -0.488. The van der Waals surface area contributed by atoms with Gasteiger partial charge >= 0.3 is 6.09 Å². The number of carbonyl (C=O) groups is 1. The maximum Gasteiger partial charge on any atom is 0.407 e. The highest BCUT2D eigenvalue weighted by Crippen LogP contribution is 2.35. The van der Waals surface area contributed by atoms with Crippen molar-refractivity contribution in [3.8, 4) is 5.75 Å². The molecule has 1 aliphatic rings. The van der Waals surface area contributed by atoms with Crippen LogP contribution in [0.3, 0.4) is 0 Å². The molecule has 3 N–H and O–H groups in total. The highest BCUT2D eigenvalue weighted by Gasteiger charge is 2.35. The van der Waals surface area contributed by atoms with Crippen LogP contribution in [0.5, 0.6) is 5.75 Å². The number of hydrogen-bond donors (Lipinski definition) is 3. The summed E-state index contributed by atoms with van der Waals surface area (Å²) in [7, 11) is 0. The van der Waals surface area contributed by atoms with E-state index in [0.717, 1.165) is 31.4 Å². The molecule has 1 heterocycles. The number of aromatic hydroxyl groups is 1. The van der Waals surface area contributed by atoms with E-state index >= 15 is 0 Å². The van der Waals surface area contributed by atoms with Crippen LogP contribution < -0.4 is 10.6 Å². The van der Waals surface area contributed by atoms with Gasteiger partial charge in [0.2, 0.25) is 0 Å². The van der Waals surface area contributed by atoms with Gasteiger partial charge in [0.25, 0.3) is 0 Å². The Labute approximate surface area is 132 Å². The molecule has 22 heavy (non-hydrogen) atoms. The van der Waals surface area contributed by atoms with Gasteiger partial charge in [-0.3, -0.25) is 0 Å². The highest BCUT2D eigenvalue weighted by atomic mass is 16.6. The summed E-state index contributed by atoms with van der Waals surface area (Å²) in [6, 6.07) is 7.34. The van der Waals surface area contributed by atoms with Crippen LogP contribution in [0.25, 0.3) is 0 Å². The molecule has 5 heteroatoms. The SMILES string of the molecule is CC(C)(C)OC(=O)NCCC1(c2cccc(O)c2)CCCN1. The van der Waals surface area contributed by atoms with Crippen molar-refractivity contribution in [1.82, 2.24) is 10.6 Å². The highest BCUT2D eigenvalue weighted by molar-refractivity contribution is 5.67. The first-order valence-corrected chi connectivity index (χ1v) is 7.82. The van der Waals surface area contributed by atoms with Gasteiger partial charge in [-0.15, -0.1) is 0 Å². The molecule has 2 rings (SSSR count). The number of rotatable bonds is 4. The molecule has 0 bridgehead atoms. The second-order valence-corrected chi connectivity index (χ2v) is 6.84. The second-order valence-electron chi connectivity index (χ2n) is 6.84. The van der Waals surface area contributed by atoms with E-state index < -0.39 is 11.7 Å². The molecule has 0 radical (unpaired) electrons. The fourth-order valence-electron chi connectivity index (χ4n) is 2.91. The van der Waals surface area contributed by atoms with Crippen molar-refractivity contribution in [1.29, 1.82) is 0 Å². The molecular weight excluding hydrogens is 280 g/mol. The third-order valence-corrected chi connectivity index (χ3v) is 3.86. The van der Waals surface area contributed by atoms with Crippen LogP contribution in [0.4, 0.5) is 4.79 Å². The first-order chi connectivity index (χ1) is 10.3. The van der Waals surface area contributed by atoms with Crippen LogP contribution in [0.2, 0.25) is 0 Å². The van der Waals surface area contributed by atoms with Crippen LogP contribution in [-0.4, -0.2) is 29.9 Å². The number of nitrogens with one attached hydrogen (secondary N) is 2. The Morgan fingerprint density at radius 2 is 2.23 bits per heavy atom. The number of hydrogen-bond acceptors (Lipinski definition) is 4. The molecule has 0 spiro atoms. The fourth-order valence-corrected chi connectivity index (χ4v) is 2.91. The summed E-state index contributed by atoms with van der Waals surface area (Å²) in [6.07, 6.45) is 2.45. The number of phenols is 1. The molecule has 0 aliphatic carbocycles. The van der Waals surface area contributed by atoms with E-state index in [4.69, 9.17) is 4.74 Å². The number of carbonyl (C=O) groups excluding carboxylic acids is 1. The van der Waals surface area contributed by atoms with Crippen molar-refractivity contribution in [2.45, 2.75) is 51.2 Å². The lowest BCUT2D eigenvalue weighted by atomic mass is 9.85. The molecule has 122 valence electrons. The molecule has 1 amide bonds. The molecule has 5 nitrogen and oxygen atoms in total. The van der Waals surface area contributed by atoms with E-state index in [0.29, 0.717) is 6.54 Å². The molecule has 0 aromatic heterocycles. The van der Waals surface area contributed by atoms with Gasteiger partial charge in [0.15, 0.2) is 0 Å². The molecule has 1 aromatic rings. The molecule has 1 unspecified atom stereocenters.